The molecule has 2 aliphatic carbocycles. The topological polar surface area (TPSA) is 38.8 Å². The Balaban J connectivity index is 1.77. The first-order valence-corrected chi connectivity index (χ1v) is 9.30. The number of methoxy groups -OCH3 is 1. The van der Waals surface area contributed by atoms with Crippen LogP contribution in [0.25, 0.3) is 0 Å². The molecule has 0 unspecified atom stereocenters. The van der Waals surface area contributed by atoms with Crippen molar-refractivity contribution in [3.8, 4) is 5.75 Å². The lowest BCUT2D eigenvalue weighted by molar-refractivity contribution is -0.0110. The Morgan fingerprint density at radius 1 is 1.33 bits per heavy atom. The predicted molar refractivity (Wildman–Crippen MR) is 92.5 cm³/mol. The van der Waals surface area contributed by atoms with Crippen LogP contribution >= 0.6 is 0 Å². The van der Waals surface area contributed by atoms with Crippen LogP contribution in [0.5, 0.6) is 5.75 Å². The number of benzene rings is 1. The minimum atomic E-state index is -0.126. The third-order valence-electron chi connectivity index (χ3n) is 6.55. The maximum atomic E-state index is 12.5. The van der Waals surface area contributed by atoms with E-state index in [4.69, 9.17) is 9.47 Å². The van der Waals surface area contributed by atoms with E-state index in [0.717, 1.165) is 25.1 Å². The largest absolute Gasteiger partial charge is 0.497 e. The maximum Gasteiger partial charge on any atom is 0.410 e. The highest BCUT2D eigenvalue weighted by Crippen LogP contribution is 2.56. The first kappa shape index (κ1) is 15.8. The van der Waals surface area contributed by atoms with Crippen molar-refractivity contribution in [2.75, 3.05) is 20.3 Å². The quantitative estimate of drug-likeness (QED) is 0.826. The smallest absolute Gasteiger partial charge is 0.410 e. The molecule has 1 saturated carbocycles. The van der Waals surface area contributed by atoms with Crippen molar-refractivity contribution in [1.82, 2.24) is 4.90 Å². The van der Waals surface area contributed by atoms with Crippen LogP contribution in [0.1, 0.15) is 50.2 Å². The molecule has 3 atom stereocenters. The molecule has 4 heteroatoms. The highest BCUT2D eigenvalue weighted by molar-refractivity contribution is 5.69. The van der Waals surface area contributed by atoms with Gasteiger partial charge in [0.25, 0.3) is 0 Å². The number of hydrogen-bond donors (Lipinski definition) is 0. The molecular formula is C20H27NO3. The van der Waals surface area contributed by atoms with Gasteiger partial charge in [0.2, 0.25) is 0 Å². The minimum absolute atomic E-state index is 0.126. The number of nitrogens with zero attached hydrogens (tertiary/aromatic N) is 1. The van der Waals surface area contributed by atoms with Gasteiger partial charge in [0, 0.05) is 18.0 Å². The highest BCUT2D eigenvalue weighted by atomic mass is 16.6. The molecule has 1 aliphatic heterocycles. The second-order valence-electron chi connectivity index (χ2n) is 7.45. The first-order chi connectivity index (χ1) is 11.7. The molecule has 2 fully saturated rings. The second-order valence-corrected chi connectivity index (χ2v) is 7.45. The van der Waals surface area contributed by atoms with Crippen LogP contribution in [0.2, 0.25) is 0 Å². The molecule has 0 aromatic heterocycles. The highest BCUT2D eigenvalue weighted by Gasteiger charge is 2.55. The summed E-state index contributed by atoms with van der Waals surface area (Å²) in [6, 6.07) is 6.83. The summed E-state index contributed by atoms with van der Waals surface area (Å²) in [7, 11) is 1.74. The summed E-state index contributed by atoms with van der Waals surface area (Å²) in [5, 5.41) is 0. The van der Waals surface area contributed by atoms with Gasteiger partial charge in [-0.1, -0.05) is 18.9 Å². The lowest BCUT2D eigenvalue weighted by Gasteiger charge is -2.58. The fraction of sp³-hybridized carbons (Fsp3) is 0.650. The summed E-state index contributed by atoms with van der Waals surface area (Å²) in [5.41, 5.74) is 3.12. The number of carbonyl (C=O) groups is 1. The van der Waals surface area contributed by atoms with Crippen LogP contribution < -0.4 is 4.74 Å². The molecule has 130 valence electrons. The molecule has 0 spiro atoms. The number of likely N-dealkylation sites (tertiary alicyclic amines) is 1. The fourth-order valence-electron chi connectivity index (χ4n) is 5.54. The van der Waals surface area contributed by atoms with Crippen molar-refractivity contribution in [1.29, 1.82) is 0 Å². The van der Waals surface area contributed by atoms with Crippen molar-refractivity contribution in [2.45, 2.75) is 56.9 Å². The Kier molecular flexibility index (Phi) is 3.93. The van der Waals surface area contributed by atoms with Crippen molar-refractivity contribution >= 4 is 6.09 Å². The Morgan fingerprint density at radius 2 is 2.21 bits per heavy atom. The van der Waals surface area contributed by atoms with E-state index >= 15 is 0 Å². The van der Waals surface area contributed by atoms with E-state index < -0.39 is 0 Å². The van der Waals surface area contributed by atoms with E-state index in [1.54, 1.807) is 7.11 Å². The zero-order valence-corrected chi connectivity index (χ0v) is 14.7. The number of hydrogen-bond acceptors (Lipinski definition) is 3. The third-order valence-corrected chi connectivity index (χ3v) is 6.55. The summed E-state index contributed by atoms with van der Waals surface area (Å²) in [5.74, 6) is 1.52. The normalized spacial score (nSPS) is 31.0. The monoisotopic (exact) mass is 329 g/mol. The van der Waals surface area contributed by atoms with Crippen molar-refractivity contribution < 1.29 is 14.3 Å². The average molecular weight is 329 g/mol. The number of ether oxygens (including phenoxy) is 2. The molecule has 4 nitrogen and oxygen atoms in total. The Hall–Kier alpha value is -1.71. The lowest BCUT2D eigenvalue weighted by atomic mass is 9.52. The second kappa shape index (κ2) is 5.98. The van der Waals surface area contributed by atoms with E-state index in [1.807, 2.05) is 11.8 Å². The molecule has 1 heterocycles. The molecular weight excluding hydrogens is 302 g/mol. The molecule has 2 bridgehead atoms. The third kappa shape index (κ3) is 2.22. The lowest BCUT2D eigenvalue weighted by Crippen LogP contribution is -2.62. The van der Waals surface area contributed by atoms with Gasteiger partial charge in [-0.15, -0.1) is 0 Å². The van der Waals surface area contributed by atoms with Crippen LogP contribution in [0.4, 0.5) is 4.79 Å². The average Bonchev–Trinajstić information content (AvgIpc) is 2.61. The van der Waals surface area contributed by atoms with Crippen molar-refractivity contribution in [3.05, 3.63) is 29.3 Å². The van der Waals surface area contributed by atoms with Crippen LogP contribution in [-0.4, -0.2) is 37.3 Å². The van der Waals surface area contributed by atoms with Gasteiger partial charge in [0.15, 0.2) is 0 Å². The number of piperidine rings is 1. The van der Waals surface area contributed by atoms with Gasteiger partial charge in [-0.25, -0.2) is 4.79 Å². The summed E-state index contributed by atoms with van der Waals surface area (Å²) in [4.78, 5) is 14.5. The summed E-state index contributed by atoms with van der Waals surface area (Å²) in [6.45, 7) is 3.15. The minimum Gasteiger partial charge on any atom is -0.497 e. The van der Waals surface area contributed by atoms with Gasteiger partial charge in [-0.2, -0.15) is 0 Å². The van der Waals surface area contributed by atoms with Gasteiger partial charge >= 0.3 is 6.09 Å². The van der Waals surface area contributed by atoms with E-state index in [9.17, 15) is 4.79 Å². The summed E-state index contributed by atoms with van der Waals surface area (Å²) in [6.07, 6.45) is 6.90. The number of carbonyl (C=O) groups excluding carboxylic acids is 1. The van der Waals surface area contributed by atoms with Crippen molar-refractivity contribution in [2.24, 2.45) is 5.92 Å². The first-order valence-electron chi connectivity index (χ1n) is 9.30. The molecule has 1 saturated heterocycles. The summed E-state index contributed by atoms with van der Waals surface area (Å²) >= 11 is 0. The standard InChI is InChI=1S/C20H27NO3/c1-3-24-19(22)21-11-10-20-9-5-4-6-16(20)18(21)12-14-7-8-15(23-2)13-17(14)20/h7-8,13,16,18H,3-6,9-12H2,1-2H3/t16-,18+,20+/m0/s1. The molecule has 3 aliphatic rings. The van der Waals surface area contributed by atoms with Gasteiger partial charge in [0.05, 0.1) is 13.7 Å². The van der Waals surface area contributed by atoms with Crippen LogP contribution in [0.15, 0.2) is 18.2 Å². The zero-order chi connectivity index (χ0) is 16.7. The maximum absolute atomic E-state index is 12.5. The van der Waals surface area contributed by atoms with Gasteiger partial charge in [-0.05, 0) is 61.8 Å². The number of amides is 1. The van der Waals surface area contributed by atoms with E-state index in [1.165, 1.54) is 36.8 Å². The van der Waals surface area contributed by atoms with Gasteiger partial charge in [-0.3, -0.25) is 0 Å². The summed E-state index contributed by atoms with van der Waals surface area (Å²) < 4.78 is 10.8. The molecule has 1 aromatic carbocycles. The molecule has 0 N–H and O–H groups in total. The number of fused-ring (bicyclic) bond motifs is 1. The molecule has 1 aromatic rings. The van der Waals surface area contributed by atoms with Gasteiger partial charge < -0.3 is 14.4 Å². The molecule has 1 amide bonds. The van der Waals surface area contributed by atoms with Crippen LogP contribution in [-0.2, 0) is 16.6 Å². The van der Waals surface area contributed by atoms with Crippen LogP contribution in [0, 0.1) is 5.92 Å². The van der Waals surface area contributed by atoms with Crippen molar-refractivity contribution in [3.63, 3.8) is 0 Å². The van der Waals surface area contributed by atoms with E-state index in [0.29, 0.717) is 18.6 Å². The SMILES string of the molecule is CCOC(=O)N1CC[C@]23CCCC[C@H]2[C@H]1Cc1ccc(OC)cc13. The molecule has 0 radical (unpaired) electrons. The van der Waals surface area contributed by atoms with E-state index in [-0.39, 0.29) is 11.5 Å². The van der Waals surface area contributed by atoms with Gasteiger partial charge in [0.1, 0.15) is 5.75 Å². The number of rotatable bonds is 2. The van der Waals surface area contributed by atoms with Crippen LogP contribution in [0.3, 0.4) is 0 Å². The zero-order valence-electron chi connectivity index (χ0n) is 14.7. The Bertz CT molecular complexity index is 644. The molecule has 24 heavy (non-hydrogen) atoms. The molecule has 4 rings (SSSR count). The van der Waals surface area contributed by atoms with E-state index in [2.05, 4.69) is 18.2 Å². The Labute approximate surface area is 144 Å². The Morgan fingerprint density at radius 3 is 3.00 bits per heavy atom. The predicted octanol–water partition coefficient (Wildman–Crippen LogP) is 3.91. The fourth-order valence-corrected chi connectivity index (χ4v) is 5.54.